The standard InChI is InChI=1S/C17H14ClF2NO/c1-11(15-8-7-14(19)10-16(15)20)21-17(22)9-4-12-2-5-13(18)6-3-12/h2-11H,1H3,(H,21,22)/b9-4+. The second-order valence-electron chi connectivity index (χ2n) is 4.78. The maximum atomic E-state index is 13.6. The molecule has 0 heterocycles. The first-order chi connectivity index (χ1) is 10.5. The maximum Gasteiger partial charge on any atom is 0.244 e. The summed E-state index contributed by atoms with van der Waals surface area (Å²) in [7, 11) is 0. The van der Waals surface area contributed by atoms with E-state index >= 15 is 0 Å². The van der Waals surface area contributed by atoms with Gasteiger partial charge in [-0.25, -0.2) is 8.78 Å². The van der Waals surface area contributed by atoms with E-state index in [1.54, 1.807) is 37.3 Å². The van der Waals surface area contributed by atoms with Gasteiger partial charge in [0.05, 0.1) is 6.04 Å². The fraction of sp³-hybridized carbons (Fsp3) is 0.118. The van der Waals surface area contributed by atoms with Crippen LogP contribution in [0.1, 0.15) is 24.1 Å². The van der Waals surface area contributed by atoms with Crippen LogP contribution in [0.4, 0.5) is 8.78 Å². The highest BCUT2D eigenvalue weighted by molar-refractivity contribution is 6.30. The highest BCUT2D eigenvalue weighted by atomic mass is 35.5. The Morgan fingerprint density at radius 2 is 1.86 bits per heavy atom. The van der Waals surface area contributed by atoms with Gasteiger partial charge in [-0.05, 0) is 36.8 Å². The summed E-state index contributed by atoms with van der Waals surface area (Å²) in [6.45, 7) is 1.63. The van der Waals surface area contributed by atoms with E-state index in [9.17, 15) is 13.6 Å². The van der Waals surface area contributed by atoms with Gasteiger partial charge < -0.3 is 5.32 Å². The van der Waals surface area contributed by atoms with Crippen LogP contribution >= 0.6 is 11.6 Å². The van der Waals surface area contributed by atoms with E-state index in [4.69, 9.17) is 11.6 Å². The molecule has 0 fully saturated rings. The third-order valence-electron chi connectivity index (χ3n) is 3.08. The highest BCUT2D eigenvalue weighted by Crippen LogP contribution is 2.17. The number of halogens is 3. The van der Waals surface area contributed by atoms with E-state index in [1.165, 1.54) is 12.1 Å². The van der Waals surface area contributed by atoms with Crippen molar-refractivity contribution in [1.82, 2.24) is 5.32 Å². The molecule has 2 aromatic rings. The van der Waals surface area contributed by atoms with Gasteiger partial charge in [0, 0.05) is 22.7 Å². The minimum atomic E-state index is -0.686. The van der Waals surface area contributed by atoms with Crippen LogP contribution in [0.3, 0.4) is 0 Å². The molecule has 2 aromatic carbocycles. The quantitative estimate of drug-likeness (QED) is 0.825. The van der Waals surface area contributed by atoms with Gasteiger partial charge >= 0.3 is 0 Å². The summed E-state index contributed by atoms with van der Waals surface area (Å²) in [6.07, 6.45) is 2.97. The molecule has 0 aliphatic carbocycles. The van der Waals surface area contributed by atoms with Crippen LogP contribution in [-0.4, -0.2) is 5.91 Å². The number of hydrogen-bond donors (Lipinski definition) is 1. The van der Waals surface area contributed by atoms with Crippen molar-refractivity contribution in [3.8, 4) is 0 Å². The predicted octanol–water partition coefficient (Wildman–Crippen LogP) is 4.51. The minimum absolute atomic E-state index is 0.231. The Bertz CT molecular complexity index is 698. The molecule has 0 saturated heterocycles. The van der Waals surface area contributed by atoms with Crippen molar-refractivity contribution in [2.75, 3.05) is 0 Å². The lowest BCUT2D eigenvalue weighted by Crippen LogP contribution is -2.25. The normalized spacial score (nSPS) is 12.4. The number of rotatable bonds is 4. The molecule has 2 rings (SSSR count). The molecular formula is C17H14ClF2NO. The third-order valence-corrected chi connectivity index (χ3v) is 3.34. The molecule has 1 amide bonds. The maximum absolute atomic E-state index is 13.6. The Morgan fingerprint density at radius 1 is 1.18 bits per heavy atom. The van der Waals surface area contributed by atoms with Crippen LogP contribution in [0.15, 0.2) is 48.5 Å². The van der Waals surface area contributed by atoms with Crippen LogP contribution in [-0.2, 0) is 4.79 Å². The first-order valence-corrected chi connectivity index (χ1v) is 7.02. The first kappa shape index (κ1) is 16.2. The van der Waals surface area contributed by atoms with Gasteiger partial charge in [0.1, 0.15) is 11.6 Å². The van der Waals surface area contributed by atoms with Gasteiger partial charge in [-0.2, -0.15) is 0 Å². The van der Waals surface area contributed by atoms with Crippen LogP contribution in [0.25, 0.3) is 6.08 Å². The van der Waals surface area contributed by atoms with E-state index in [2.05, 4.69) is 5.32 Å². The zero-order chi connectivity index (χ0) is 16.1. The summed E-state index contributed by atoms with van der Waals surface area (Å²) in [5, 5.41) is 3.24. The summed E-state index contributed by atoms with van der Waals surface area (Å²) in [6, 6.07) is 9.68. The molecule has 0 saturated carbocycles. The molecule has 0 aliphatic heterocycles. The van der Waals surface area contributed by atoms with Gasteiger partial charge in [-0.1, -0.05) is 29.8 Å². The fourth-order valence-corrected chi connectivity index (χ4v) is 2.06. The van der Waals surface area contributed by atoms with Crippen molar-refractivity contribution >= 4 is 23.6 Å². The number of nitrogens with one attached hydrogen (secondary N) is 1. The molecule has 114 valence electrons. The number of benzene rings is 2. The van der Waals surface area contributed by atoms with Crippen LogP contribution in [0.2, 0.25) is 5.02 Å². The van der Waals surface area contributed by atoms with E-state index in [-0.39, 0.29) is 11.5 Å². The van der Waals surface area contributed by atoms with Gasteiger partial charge in [0.25, 0.3) is 0 Å². The van der Waals surface area contributed by atoms with Gasteiger partial charge in [0.2, 0.25) is 5.91 Å². The topological polar surface area (TPSA) is 29.1 Å². The van der Waals surface area contributed by atoms with E-state index < -0.39 is 17.7 Å². The SMILES string of the molecule is CC(NC(=O)/C=C/c1ccc(Cl)cc1)c1ccc(F)cc1F. The predicted molar refractivity (Wildman–Crippen MR) is 83.4 cm³/mol. The Labute approximate surface area is 132 Å². The first-order valence-electron chi connectivity index (χ1n) is 6.65. The number of hydrogen-bond acceptors (Lipinski definition) is 1. The molecule has 5 heteroatoms. The lowest BCUT2D eigenvalue weighted by molar-refractivity contribution is -0.117. The van der Waals surface area contributed by atoms with E-state index in [1.807, 2.05) is 0 Å². The average Bonchev–Trinajstić information content (AvgIpc) is 2.46. The summed E-state index contributed by atoms with van der Waals surface area (Å²) >= 11 is 5.77. The molecule has 0 aromatic heterocycles. The average molecular weight is 322 g/mol. The van der Waals surface area contributed by atoms with Crippen molar-refractivity contribution in [3.63, 3.8) is 0 Å². The molecule has 0 aliphatic rings. The Morgan fingerprint density at radius 3 is 2.50 bits per heavy atom. The second kappa shape index (κ2) is 7.18. The van der Waals surface area contributed by atoms with Crippen molar-refractivity contribution in [1.29, 1.82) is 0 Å². The molecule has 1 unspecified atom stereocenters. The van der Waals surface area contributed by atoms with Gasteiger partial charge in [-0.15, -0.1) is 0 Å². The smallest absolute Gasteiger partial charge is 0.244 e. The largest absolute Gasteiger partial charge is 0.346 e. The summed E-state index contributed by atoms with van der Waals surface area (Å²) in [5.41, 5.74) is 1.05. The van der Waals surface area contributed by atoms with Gasteiger partial charge in [0.15, 0.2) is 0 Å². The summed E-state index contributed by atoms with van der Waals surface area (Å²) in [4.78, 5) is 11.8. The molecule has 22 heavy (non-hydrogen) atoms. The Balaban J connectivity index is 2.00. The molecule has 0 bridgehead atoms. The zero-order valence-electron chi connectivity index (χ0n) is 11.8. The molecule has 0 radical (unpaired) electrons. The van der Waals surface area contributed by atoms with Crippen molar-refractivity contribution in [2.45, 2.75) is 13.0 Å². The molecule has 1 N–H and O–H groups in total. The van der Waals surface area contributed by atoms with Crippen molar-refractivity contribution in [2.24, 2.45) is 0 Å². The molecule has 1 atom stereocenters. The summed E-state index contributed by atoms with van der Waals surface area (Å²) < 4.78 is 26.5. The number of amides is 1. The Hall–Kier alpha value is -2.20. The second-order valence-corrected chi connectivity index (χ2v) is 5.22. The number of carbonyl (C=O) groups excluding carboxylic acids is 1. The lowest BCUT2D eigenvalue weighted by atomic mass is 10.1. The van der Waals surface area contributed by atoms with E-state index in [0.717, 1.165) is 17.7 Å². The van der Waals surface area contributed by atoms with Crippen molar-refractivity contribution < 1.29 is 13.6 Å². The van der Waals surface area contributed by atoms with Crippen LogP contribution < -0.4 is 5.32 Å². The van der Waals surface area contributed by atoms with Crippen molar-refractivity contribution in [3.05, 3.63) is 76.3 Å². The fourth-order valence-electron chi connectivity index (χ4n) is 1.94. The van der Waals surface area contributed by atoms with E-state index in [0.29, 0.717) is 5.02 Å². The zero-order valence-corrected chi connectivity index (χ0v) is 12.6. The third kappa shape index (κ3) is 4.40. The van der Waals surface area contributed by atoms with Crippen LogP contribution in [0.5, 0.6) is 0 Å². The van der Waals surface area contributed by atoms with Gasteiger partial charge in [-0.3, -0.25) is 4.79 Å². The highest BCUT2D eigenvalue weighted by Gasteiger charge is 2.12. The summed E-state index contributed by atoms with van der Waals surface area (Å²) in [5.74, 6) is -1.71. The molecule has 2 nitrogen and oxygen atoms in total. The lowest BCUT2D eigenvalue weighted by Gasteiger charge is -2.13. The number of carbonyl (C=O) groups is 1. The Kier molecular flexibility index (Phi) is 5.28. The molecule has 0 spiro atoms. The van der Waals surface area contributed by atoms with Crippen LogP contribution in [0, 0.1) is 11.6 Å². The minimum Gasteiger partial charge on any atom is -0.346 e. The molecular weight excluding hydrogens is 308 g/mol. The monoisotopic (exact) mass is 321 g/mol.